The highest BCUT2D eigenvalue weighted by Gasteiger charge is 2.25. The first-order valence-corrected chi connectivity index (χ1v) is 7.81. The molecule has 1 saturated carbocycles. The van der Waals surface area contributed by atoms with Gasteiger partial charge in [0, 0.05) is 5.92 Å². The first-order valence-electron chi connectivity index (χ1n) is 7.81. The monoisotopic (exact) mass is 286 g/mol. The van der Waals surface area contributed by atoms with Crippen LogP contribution in [0.3, 0.4) is 0 Å². The number of aryl methyl sites for hydroxylation is 1. The fourth-order valence-corrected chi connectivity index (χ4v) is 3.17. The quantitative estimate of drug-likeness (QED) is 0.906. The SMILES string of the molecule is CCC1CCC(c2noc(-c3cccc(C)c3O)n2)CC1. The van der Waals surface area contributed by atoms with Crippen molar-refractivity contribution in [2.24, 2.45) is 5.92 Å². The average molecular weight is 286 g/mol. The van der Waals surface area contributed by atoms with E-state index < -0.39 is 0 Å². The molecule has 3 rings (SSSR count). The molecule has 0 aliphatic heterocycles. The van der Waals surface area contributed by atoms with Crippen LogP contribution in [0.4, 0.5) is 0 Å². The van der Waals surface area contributed by atoms with Gasteiger partial charge in [0.2, 0.25) is 0 Å². The largest absolute Gasteiger partial charge is 0.507 e. The smallest absolute Gasteiger partial charge is 0.261 e. The van der Waals surface area contributed by atoms with Crippen LogP contribution in [-0.2, 0) is 0 Å². The fraction of sp³-hybridized carbons (Fsp3) is 0.529. The highest BCUT2D eigenvalue weighted by Crippen LogP contribution is 2.37. The summed E-state index contributed by atoms with van der Waals surface area (Å²) in [6.45, 7) is 4.13. The zero-order valence-electron chi connectivity index (χ0n) is 12.7. The second-order valence-corrected chi connectivity index (χ2v) is 6.05. The third-order valence-electron chi connectivity index (χ3n) is 4.70. The second-order valence-electron chi connectivity index (χ2n) is 6.05. The van der Waals surface area contributed by atoms with Crippen molar-refractivity contribution in [1.82, 2.24) is 10.1 Å². The van der Waals surface area contributed by atoms with E-state index in [-0.39, 0.29) is 5.75 Å². The number of aromatic hydroxyl groups is 1. The van der Waals surface area contributed by atoms with Crippen LogP contribution in [0.2, 0.25) is 0 Å². The number of aromatic nitrogens is 2. The summed E-state index contributed by atoms with van der Waals surface area (Å²) in [6, 6.07) is 5.57. The molecule has 1 aliphatic carbocycles. The Hall–Kier alpha value is -1.84. The molecule has 0 amide bonds. The van der Waals surface area contributed by atoms with Crippen molar-refractivity contribution < 1.29 is 9.63 Å². The predicted octanol–water partition coefficient (Wildman–Crippen LogP) is 4.43. The van der Waals surface area contributed by atoms with Crippen LogP contribution >= 0.6 is 0 Å². The van der Waals surface area contributed by atoms with Crippen molar-refractivity contribution in [2.45, 2.75) is 51.9 Å². The van der Waals surface area contributed by atoms with Crippen LogP contribution in [0.1, 0.15) is 56.3 Å². The Morgan fingerprint density at radius 2 is 2.00 bits per heavy atom. The molecule has 1 N–H and O–H groups in total. The number of hydrogen-bond donors (Lipinski definition) is 1. The molecule has 112 valence electrons. The minimum Gasteiger partial charge on any atom is -0.507 e. The summed E-state index contributed by atoms with van der Waals surface area (Å²) in [5.41, 5.74) is 1.44. The van der Waals surface area contributed by atoms with Gasteiger partial charge in [-0.1, -0.05) is 30.6 Å². The van der Waals surface area contributed by atoms with Crippen molar-refractivity contribution in [3.05, 3.63) is 29.6 Å². The van der Waals surface area contributed by atoms with Gasteiger partial charge in [0.25, 0.3) is 5.89 Å². The maximum absolute atomic E-state index is 10.1. The van der Waals surface area contributed by atoms with E-state index in [1.54, 1.807) is 0 Å². The lowest BCUT2D eigenvalue weighted by molar-refractivity contribution is 0.305. The predicted molar refractivity (Wildman–Crippen MR) is 81.1 cm³/mol. The van der Waals surface area contributed by atoms with E-state index in [0.29, 0.717) is 17.4 Å². The minimum absolute atomic E-state index is 0.224. The third kappa shape index (κ3) is 2.80. The second kappa shape index (κ2) is 5.88. The Kier molecular flexibility index (Phi) is 3.95. The summed E-state index contributed by atoms with van der Waals surface area (Å²) < 4.78 is 5.37. The van der Waals surface area contributed by atoms with Gasteiger partial charge >= 0.3 is 0 Å². The van der Waals surface area contributed by atoms with Crippen LogP contribution in [0, 0.1) is 12.8 Å². The number of phenolic OH excluding ortho intramolecular Hbond substituents is 1. The number of phenols is 1. The van der Waals surface area contributed by atoms with E-state index >= 15 is 0 Å². The van der Waals surface area contributed by atoms with E-state index in [2.05, 4.69) is 17.1 Å². The average Bonchev–Trinajstić information content (AvgIpc) is 3.00. The lowest BCUT2D eigenvalue weighted by atomic mass is 9.80. The summed E-state index contributed by atoms with van der Waals surface area (Å²) in [5, 5.41) is 14.3. The first-order chi connectivity index (χ1) is 10.2. The van der Waals surface area contributed by atoms with E-state index in [0.717, 1.165) is 30.1 Å². The maximum atomic E-state index is 10.1. The number of rotatable bonds is 3. The highest BCUT2D eigenvalue weighted by atomic mass is 16.5. The molecule has 1 fully saturated rings. The standard InChI is InChI=1S/C17H22N2O2/c1-3-12-7-9-13(10-8-12)16-18-17(21-19-16)14-6-4-5-11(2)15(14)20/h4-6,12-13,20H,3,7-10H2,1-2H3. The van der Waals surface area contributed by atoms with E-state index in [1.807, 2.05) is 25.1 Å². The molecular weight excluding hydrogens is 264 g/mol. The van der Waals surface area contributed by atoms with Gasteiger partial charge in [0.05, 0.1) is 5.56 Å². The lowest BCUT2D eigenvalue weighted by Crippen LogP contribution is -2.13. The molecule has 0 spiro atoms. The molecule has 1 aliphatic rings. The molecule has 0 bridgehead atoms. The van der Waals surface area contributed by atoms with Gasteiger partial charge in [0.1, 0.15) is 5.75 Å². The van der Waals surface area contributed by atoms with Crippen molar-refractivity contribution in [3.63, 3.8) is 0 Å². The summed E-state index contributed by atoms with van der Waals surface area (Å²) in [4.78, 5) is 4.52. The van der Waals surface area contributed by atoms with Crippen LogP contribution in [0.5, 0.6) is 5.75 Å². The maximum Gasteiger partial charge on any atom is 0.261 e. The summed E-state index contributed by atoms with van der Waals surface area (Å²) >= 11 is 0. The third-order valence-corrected chi connectivity index (χ3v) is 4.70. The van der Waals surface area contributed by atoms with Gasteiger partial charge in [-0.05, 0) is 50.2 Å². The molecule has 4 nitrogen and oxygen atoms in total. The van der Waals surface area contributed by atoms with Crippen molar-refractivity contribution in [3.8, 4) is 17.2 Å². The van der Waals surface area contributed by atoms with Gasteiger partial charge in [-0.2, -0.15) is 4.98 Å². The van der Waals surface area contributed by atoms with Crippen LogP contribution in [0.25, 0.3) is 11.5 Å². The zero-order valence-corrected chi connectivity index (χ0v) is 12.7. The molecule has 0 atom stereocenters. The number of para-hydroxylation sites is 1. The van der Waals surface area contributed by atoms with Crippen molar-refractivity contribution >= 4 is 0 Å². The topological polar surface area (TPSA) is 59.2 Å². The van der Waals surface area contributed by atoms with Gasteiger partial charge in [0.15, 0.2) is 5.82 Å². The molecule has 0 saturated heterocycles. The molecule has 0 unspecified atom stereocenters. The van der Waals surface area contributed by atoms with Crippen molar-refractivity contribution in [1.29, 1.82) is 0 Å². The van der Waals surface area contributed by atoms with Gasteiger partial charge < -0.3 is 9.63 Å². The van der Waals surface area contributed by atoms with Crippen LogP contribution < -0.4 is 0 Å². The fourth-order valence-electron chi connectivity index (χ4n) is 3.17. The Balaban J connectivity index is 1.79. The first kappa shape index (κ1) is 14.1. The van der Waals surface area contributed by atoms with Gasteiger partial charge in [-0.3, -0.25) is 0 Å². The molecule has 21 heavy (non-hydrogen) atoms. The minimum atomic E-state index is 0.224. The highest BCUT2D eigenvalue weighted by molar-refractivity contribution is 5.64. The van der Waals surface area contributed by atoms with Crippen LogP contribution in [-0.4, -0.2) is 15.2 Å². The Bertz CT molecular complexity index is 613. The Morgan fingerprint density at radius 1 is 1.24 bits per heavy atom. The molecule has 0 radical (unpaired) electrons. The molecule has 2 aromatic rings. The summed E-state index contributed by atoms with van der Waals surface area (Å²) in [6.07, 6.45) is 6.04. The van der Waals surface area contributed by atoms with Gasteiger partial charge in [-0.15, -0.1) is 0 Å². The zero-order chi connectivity index (χ0) is 14.8. The normalized spacial score (nSPS) is 22.4. The number of nitrogens with zero attached hydrogens (tertiary/aromatic N) is 2. The molecule has 1 heterocycles. The van der Waals surface area contributed by atoms with E-state index in [4.69, 9.17) is 4.52 Å². The molecule has 1 aromatic carbocycles. The molecular formula is C17H22N2O2. The summed E-state index contributed by atoms with van der Waals surface area (Å²) in [5.74, 6) is 2.69. The van der Waals surface area contributed by atoms with E-state index in [1.165, 1.54) is 19.3 Å². The number of hydrogen-bond acceptors (Lipinski definition) is 4. The molecule has 1 aromatic heterocycles. The van der Waals surface area contributed by atoms with Crippen molar-refractivity contribution in [2.75, 3.05) is 0 Å². The molecule has 4 heteroatoms. The number of benzene rings is 1. The summed E-state index contributed by atoms with van der Waals surface area (Å²) in [7, 11) is 0. The van der Waals surface area contributed by atoms with Crippen LogP contribution in [0.15, 0.2) is 22.7 Å². The van der Waals surface area contributed by atoms with E-state index in [9.17, 15) is 5.11 Å². The lowest BCUT2D eigenvalue weighted by Gasteiger charge is -2.25. The Morgan fingerprint density at radius 3 is 2.71 bits per heavy atom. The van der Waals surface area contributed by atoms with Gasteiger partial charge in [-0.25, -0.2) is 0 Å². The Labute approximate surface area is 125 Å².